The zero-order chi connectivity index (χ0) is 14.0. The van der Waals surface area contributed by atoms with Gasteiger partial charge in [0.25, 0.3) is 0 Å². The van der Waals surface area contributed by atoms with Gasteiger partial charge in [-0.3, -0.25) is 0 Å². The van der Waals surface area contributed by atoms with Gasteiger partial charge in [-0.15, -0.1) is 0 Å². The smallest absolute Gasteiger partial charge is 0.181 e. The highest BCUT2D eigenvalue weighted by Gasteiger charge is 2.38. The molecule has 106 valence electrons. The number of nitrogens with two attached hydrogens (primary N) is 1. The molecule has 3 atom stereocenters. The van der Waals surface area contributed by atoms with Gasteiger partial charge in [-0.1, -0.05) is 19.4 Å². The molecule has 3 nitrogen and oxygen atoms in total. The van der Waals surface area contributed by atoms with Crippen LogP contribution in [0.15, 0.2) is 29.2 Å². The van der Waals surface area contributed by atoms with E-state index in [4.69, 9.17) is 5.73 Å². The van der Waals surface area contributed by atoms with Crippen LogP contribution in [0.4, 0.5) is 4.39 Å². The molecule has 0 amide bonds. The first kappa shape index (κ1) is 14.5. The van der Waals surface area contributed by atoms with Crippen LogP contribution in [0, 0.1) is 17.7 Å². The second-order valence-corrected chi connectivity index (χ2v) is 7.62. The molecule has 1 fully saturated rings. The van der Waals surface area contributed by atoms with Gasteiger partial charge in [0.05, 0.1) is 10.1 Å². The Morgan fingerprint density at radius 2 is 2.11 bits per heavy atom. The van der Waals surface area contributed by atoms with Crippen molar-refractivity contribution in [3.8, 4) is 0 Å². The minimum Gasteiger partial charge on any atom is -0.330 e. The highest BCUT2D eigenvalue weighted by atomic mass is 32.2. The molecule has 1 aliphatic rings. The molecule has 1 saturated carbocycles. The maximum absolute atomic E-state index is 13.2. The number of halogens is 1. The van der Waals surface area contributed by atoms with E-state index in [0.29, 0.717) is 18.9 Å². The molecule has 5 heteroatoms. The molecule has 0 aliphatic heterocycles. The predicted octanol–water partition coefficient (Wildman–Crippen LogP) is 2.36. The third kappa shape index (κ3) is 2.98. The Kier molecular flexibility index (Phi) is 4.26. The minimum atomic E-state index is -3.50. The van der Waals surface area contributed by atoms with E-state index in [9.17, 15) is 12.8 Å². The van der Waals surface area contributed by atoms with Crippen LogP contribution in [0.5, 0.6) is 0 Å². The maximum Gasteiger partial charge on any atom is 0.181 e. The molecule has 0 radical (unpaired) electrons. The van der Waals surface area contributed by atoms with Crippen LogP contribution in [0.1, 0.15) is 26.2 Å². The van der Waals surface area contributed by atoms with Gasteiger partial charge in [0.1, 0.15) is 5.82 Å². The van der Waals surface area contributed by atoms with Crippen molar-refractivity contribution < 1.29 is 12.8 Å². The molecule has 2 N–H and O–H groups in total. The van der Waals surface area contributed by atoms with E-state index in [1.807, 2.05) is 0 Å². The lowest BCUT2D eigenvalue weighted by molar-refractivity contribution is 0.296. The molecule has 19 heavy (non-hydrogen) atoms. The summed E-state index contributed by atoms with van der Waals surface area (Å²) in [5, 5.41) is -0.483. The summed E-state index contributed by atoms with van der Waals surface area (Å²) in [6.07, 6.45) is 2.45. The van der Waals surface area contributed by atoms with E-state index >= 15 is 0 Å². The summed E-state index contributed by atoms with van der Waals surface area (Å²) >= 11 is 0. The summed E-state index contributed by atoms with van der Waals surface area (Å²) in [5.74, 6) is -0.171. The minimum absolute atomic E-state index is 0.0236. The fraction of sp³-hybridized carbons (Fsp3) is 0.571. The topological polar surface area (TPSA) is 60.2 Å². The van der Waals surface area contributed by atoms with Gasteiger partial charge in [0.2, 0.25) is 0 Å². The fourth-order valence-corrected chi connectivity index (χ4v) is 5.09. The Labute approximate surface area is 113 Å². The molecule has 0 aromatic heterocycles. The van der Waals surface area contributed by atoms with E-state index in [-0.39, 0.29) is 10.8 Å². The summed E-state index contributed by atoms with van der Waals surface area (Å²) in [6, 6.07) is 5.25. The first-order chi connectivity index (χ1) is 8.95. The molecule has 0 saturated heterocycles. The van der Waals surface area contributed by atoms with Gasteiger partial charge < -0.3 is 5.73 Å². The lowest BCUT2D eigenvalue weighted by atomic mass is 9.82. The monoisotopic (exact) mass is 285 g/mol. The van der Waals surface area contributed by atoms with E-state index in [2.05, 4.69) is 6.92 Å². The van der Waals surface area contributed by atoms with E-state index in [1.54, 1.807) is 0 Å². The van der Waals surface area contributed by atoms with Crippen LogP contribution in [0.2, 0.25) is 0 Å². The Bertz CT molecular complexity index is 544. The van der Waals surface area contributed by atoms with Crippen molar-refractivity contribution >= 4 is 9.84 Å². The number of sulfone groups is 1. The normalized spacial score (nSPS) is 28.3. The molecule has 0 bridgehead atoms. The summed E-state index contributed by atoms with van der Waals surface area (Å²) in [7, 11) is -3.50. The number of rotatable bonds is 3. The van der Waals surface area contributed by atoms with Gasteiger partial charge >= 0.3 is 0 Å². The molecule has 1 aliphatic carbocycles. The standard InChI is InChI=1S/C14H20FNO2S/c1-10-5-6-11(9-16)14(7-10)19(17,18)13-4-2-3-12(15)8-13/h2-4,8,10-11,14H,5-7,9,16H2,1H3. The quantitative estimate of drug-likeness (QED) is 0.927. The summed E-state index contributed by atoms with van der Waals surface area (Å²) < 4.78 is 38.5. The molecular formula is C14H20FNO2S. The third-order valence-electron chi connectivity index (χ3n) is 4.02. The van der Waals surface area contributed by atoms with Crippen LogP contribution in [-0.2, 0) is 9.84 Å². The second-order valence-electron chi connectivity index (χ2n) is 5.45. The molecule has 1 aromatic carbocycles. The molecule has 2 rings (SSSR count). The molecule has 0 heterocycles. The SMILES string of the molecule is CC1CCC(CN)C(S(=O)(=O)c2cccc(F)c2)C1. The summed E-state index contributed by atoms with van der Waals surface area (Å²) in [5.41, 5.74) is 5.71. The fourth-order valence-electron chi connectivity index (χ4n) is 2.86. The van der Waals surface area contributed by atoms with Crippen LogP contribution in [0.3, 0.4) is 0 Å². The van der Waals surface area contributed by atoms with Crippen molar-refractivity contribution in [3.63, 3.8) is 0 Å². The highest BCUT2D eigenvalue weighted by Crippen LogP contribution is 2.35. The molecular weight excluding hydrogens is 265 g/mol. The van der Waals surface area contributed by atoms with Crippen LogP contribution >= 0.6 is 0 Å². The lowest BCUT2D eigenvalue weighted by Gasteiger charge is -2.33. The van der Waals surface area contributed by atoms with Crippen LogP contribution < -0.4 is 5.73 Å². The van der Waals surface area contributed by atoms with Gasteiger partial charge in [0.15, 0.2) is 9.84 Å². The van der Waals surface area contributed by atoms with Crippen molar-refractivity contribution in [2.45, 2.75) is 36.3 Å². The van der Waals surface area contributed by atoms with Gasteiger partial charge in [0, 0.05) is 0 Å². The van der Waals surface area contributed by atoms with Crippen molar-refractivity contribution in [1.29, 1.82) is 0 Å². The average Bonchev–Trinajstić information content (AvgIpc) is 2.38. The molecule has 0 spiro atoms. The number of benzene rings is 1. The van der Waals surface area contributed by atoms with Gasteiger partial charge in [-0.2, -0.15) is 0 Å². The van der Waals surface area contributed by atoms with Crippen LogP contribution in [0.25, 0.3) is 0 Å². The number of hydrogen-bond donors (Lipinski definition) is 1. The Hall–Kier alpha value is -0.940. The van der Waals surface area contributed by atoms with Gasteiger partial charge in [-0.25, -0.2) is 12.8 Å². The van der Waals surface area contributed by atoms with Gasteiger partial charge in [-0.05, 0) is 49.4 Å². The number of hydrogen-bond acceptors (Lipinski definition) is 3. The van der Waals surface area contributed by atoms with Crippen molar-refractivity contribution in [1.82, 2.24) is 0 Å². The zero-order valence-electron chi connectivity index (χ0n) is 11.0. The first-order valence-corrected chi connectivity index (χ1v) is 8.19. The van der Waals surface area contributed by atoms with E-state index < -0.39 is 20.9 Å². The van der Waals surface area contributed by atoms with Crippen molar-refractivity contribution in [3.05, 3.63) is 30.1 Å². The van der Waals surface area contributed by atoms with Crippen molar-refractivity contribution in [2.75, 3.05) is 6.54 Å². The Morgan fingerprint density at radius 1 is 1.37 bits per heavy atom. The molecule has 1 aromatic rings. The molecule has 3 unspecified atom stereocenters. The lowest BCUT2D eigenvalue weighted by Crippen LogP contribution is -2.39. The Balaban J connectivity index is 2.36. The van der Waals surface area contributed by atoms with E-state index in [1.165, 1.54) is 18.2 Å². The largest absolute Gasteiger partial charge is 0.330 e. The summed E-state index contributed by atoms with van der Waals surface area (Å²) in [6.45, 7) is 2.42. The Morgan fingerprint density at radius 3 is 2.74 bits per heavy atom. The first-order valence-electron chi connectivity index (χ1n) is 6.64. The second kappa shape index (κ2) is 5.59. The highest BCUT2D eigenvalue weighted by molar-refractivity contribution is 7.92. The van der Waals surface area contributed by atoms with Crippen molar-refractivity contribution in [2.24, 2.45) is 17.6 Å². The maximum atomic E-state index is 13.2. The van der Waals surface area contributed by atoms with E-state index in [0.717, 1.165) is 18.9 Å². The van der Waals surface area contributed by atoms with Crippen LogP contribution in [-0.4, -0.2) is 20.2 Å². The third-order valence-corrected chi connectivity index (χ3v) is 6.30. The zero-order valence-corrected chi connectivity index (χ0v) is 11.9. The average molecular weight is 285 g/mol. The summed E-state index contributed by atoms with van der Waals surface area (Å²) in [4.78, 5) is 0.0741. The predicted molar refractivity (Wildman–Crippen MR) is 72.9 cm³/mol.